The van der Waals surface area contributed by atoms with Crippen molar-refractivity contribution >= 4 is 38.3 Å². The second-order valence-electron chi connectivity index (χ2n) is 5.17. The molecule has 0 bridgehead atoms. The van der Waals surface area contributed by atoms with E-state index in [2.05, 4.69) is 31.2 Å². The monoisotopic (exact) mass is 387 g/mol. The maximum Gasteiger partial charge on any atom is 0.276 e. The average Bonchev–Trinajstić information content (AvgIpc) is 2.95. The molecule has 0 radical (unpaired) electrons. The molecule has 0 saturated carbocycles. The highest BCUT2D eigenvalue weighted by Crippen LogP contribution is 2.26. The van der Waals surface area contributed by atoms with Crippen LogP contribution in [0.1, 0.15) is 21.7 Å². The number of hydrogen-bond acceptors (Lipinski definition) is 4. The zero-order valence-corrected chi connectivity index (χ0v) is 15.0. The van der Waals surface area contributed by atoms with E-state index in [4.69, 9.17) is 0 Å². The van der Waals surface area contributed by atoms with Gasteiger partial charge in [-0.1, -0.05) is 28.1 Å². The van der Waals surface area contributed by atoms with Crippen LogP contribution >= 0.6 is 27.3 Å². The van der Waals surface area contributed by atoms with Crippen molar-refractivity contribution < 1.29 is 4.79 Å². The molecule has 1 amide bonds. The first-order valence-corrected chi connectivity index (χ1v) is 8.66. The summed E-state index contributed by atoms with van der Waals surface area (Å²) < 4.78 is 1.02. The summed E-state index contributed by atoms with van der Waals surface area (Å²) in [6.45, 7) is 3.82. The second-order valence-corrected chi connectivity index (χ2v) is 6.94. The lowest BCUT2D eigenvalue weighted by atomic mass is 10.2. The first kappa shape index (κ1) is 15.8. The highest BCUT2D eigenvalue weighted by atomic mass is 79.9. The van der Waals surface area contributed by atoms with Crippen LogP contribution in [0.3, 0.4) is 0 Å². The molecule has 0 aliphatic carbocycles. The summed E-state index contributed by atoms with van der Waals surface area (Å²) >= 11 is 4.81. The minimum Gasteiger partial charge on any atom is -0.296 e. The Labute approximate surface area is 146 Å². The molecule has 6 heteroatoms. The van der Waals surface area contributed by atoms with Gasteiger partial charge in [0.15, 0.2) is 5.13 Å². The highest BCUT2D eigenvalue weighted by Gasteiger charge is 2.12. The van der Waals surface area contributed by atoms with Crippen molar-refractivity contribution in [2.75, 3.05) is 5.32 Å². The number of amides is 1. The second kappa shape index (κ2) is 6.60. The number of rotatable bonds is 3. The van der Waals surface area contributed by atoms with Crippen LogP contribution in [0.15, 0.2) is 46.3 Å². The summed E-state index contributed by atoms with van der Waals surface area (Å²) in [5.74, 6) is -0.242. The molecule has 3 aromatic rings. The van der Waals surface area contributed by atoms with Gasteiger partial charge in [-0.2, -0.15) is 0 Å². The van der Waals surface area contributed by atoms with E-state index in [9.17, 15) is 4.79 Å². The fourth-order valence-corrected chi connectivity index (χ4v) is 3.18. The summed E-state index contributed by atoms with van der Waals surface area (Å²) in [5.41, 5.74) is 4.09. The van der Waals surface area contributed by atoms with Crippen molar-refractivity contribution in [3.63, 3.8) is 0 Å². The molecule has 0 aliphatic heterocycles. The van der Waals surface area contributed by atoms with E-state index in [1.165, 1.54) is 11.3 Å². The maximum absolute atomic E-state index is 12.3. The van der Waals surface area contributed by atoms with Crippen molar-refractivity contribution in [3.05, 3.63) is 63.2 Å². The lowest BCUT2D eigenvalue weighted by Gasteiger charge is -2.03. The quantitative estimate of drug-likeness (QED) is 0.699. The van der Waals surface area contributed by atoms with E-state index in [0.29, 0.717) is 10.8 Å². The van der Waals surface area contributed by atoms with Crippen LogP contribution in [0, 0.1) is 13.8 Å². The molecule has 1 aromatic carbocycles. The Balaban J connectivity index is 1.78. The molecular formula is C17H14BrN3OS. The zero-order valence-electron chi connectivity index (χ0n) is 12.6. The van der Waals surface area contributed by atoms with Gasteiger partial charge in [0, 0.05) is 21.1 Å². The molecule has 2 aromatic heterocycles. The fraction of sp³-hybridized carbons (Fsp3) is 0.118. The summed E-state index contributed by atoms with van der Waals surface area (Å²) in [6.07, 6.45) is 0. The minimum atomic E-state index is -0.242. The molecule has 23 heavy (non-hydrogen) atoms. The fourth-order valence-electron chi connectivity index (χ4n) is 2.20. The number of thiazole rings is 1. The van der Waals surface area contributed by atoms with Crippen molar-refractivity contribution in [2.24, 2.45) is 0 Å². The highest BCUT2D eigenvalue weighted by molar-refractivity contribution is 9.10. The smallest absolute Gasteiger partial charge is 0.276 e. The number of aromatic nitrogens is 2. The van der Waals surface area contributed by atoms with E-state index in [-0.39, 0.29) is 5.91 Å². The molecular weight excluding hydrogens is 374 g/mol. The Hall–Kier alpha value is -2.05. The van der Waals surface area contributed by atoms with Crippen molar-refractivity contribution in [3.8, 4) is 11.3 Å². The van der Waals surface area contributed by atoms with Gasteiger partial charge in [-0.15, -0.1) is 11.3 Å². The van der Waals surface area contributed by atoms with Crippen LogP contribution in [0.4, 0.5) is 5.13 Å². The predicted octanol–water partition coefficient (Wildman–Crippen LogP) is 4.84. The van der Waals surface area contributed by atoms with Gasteiger partial charge in [0.1, 0.15) is 5.69 Å². The number of carbonyl (C=O) groups excluding carboxylic acids is 1. The van der Waals surface area contributed by atoms with Gasteiger partial charge < -0.3 is 0 Å². The van der Waals surface area contributed by atoms with Crippen molar-refractivity contribution in [1.29, 1.82) is 0 Å². The van der Waals surface area contributed by atoms with Crippen LogP contribution in [0.2, 0.25) is 0 Å². The number of nitrogens with one attached hydrogen (secondary N) is 1. The molecule has 3 rings (SSSR count). The first-order valence-electron chi connectivity index (χ1n) is 6.99. The lowest BCUT2D eigenvalue weighted by Crippen LogP contribution is -2.14. The lowest BCUT2D eigenvalue weighted by molar-refractivity contribution is 0.102. The van der Waals surface area contributed by atoms with Crippen LogP contribution < -0.4 is 5.32 Å². The molecule has 0 spiro atoms. The first-order chi connectivity index (χ1) is 11.0. The SMILES string of the molecule is Cc1cc(C)nc(C(=O)Nc2nc(-c3ccc(Br)cc3)cs2)c1. The molecule has 0 fully saturated rings. The minimum absolute atomic E-state index is 0.242. The van der Waals surface area contributed by atoms with Gasteiger partial charge in [0.25, 0.3) is 5.91 Å². The third-order valence-corrected chi connectivity index (χ3v) is 4.48. The number of hydrogen-bond donors (Lipinski definition) is 1. The molecule has 2 heterocycles. The normalized spacial score (nSPS) is 10.6. The molecule has 116 valence electrons. The molecule has 4 nitrogen and oxygen atoms in total. The number of pyridine rings is 1. The topological polar surface area (TPSA) is 54.9 Å². The van der Waals surface area contributed by atoms with E-state index >= 15 is 0 Å². The number of benzene rings is 1. The van der Waals surface area contributed by atoms with Gasteiger partial charge >= 0.3 is 0 Å². The molecule has 1 N–H and O–H groups in total. The Morgan fingerprint density at radius 2 is 1.87 bits per heavy atom. The number of nitrogens with zero attached hydrogens (tertiary/aromatic N) is 2. The number of anilines is 1. The van der Waals surface area contributed by atoms with Gasteiger partial charge in [-0.25, -0.2) is 9.97 Å². The van der Waals surface area contributed by atoms with Crippen molar-refractivity contribution in [2.45, 2.75) is 13.8 Å². The van der Waals surface area contributed by atoms with Crippen LogP contribution in [-0.4, -0.2) is 15.9 Å². The molecule has 0 aliphatic rings. The van der Waals surface area contributed by atoms with E-state index < -0.39 is 0 Å². The Bertz CT molecular complexity index is 838. The average molecular weight is 388 g/mol. The number of aryl methyl sites for hydroxylation is 2. The number of carbonyl (C=O) groups is 1. The van der Waals surface area contributed by atoms with Gasteiger partial charge in [0.05, 0.1) is 5.69 Å². The zero-order chi connectivity index (χ0) is 16.4. The number of halogens is 1. The summed E-state index contributed by atoms with van der Waals surface area (Å²) in [4.78, 5) is 21.0. The van der Waals surface area contributed by atoms with Gasteiger partial charge in [-0.05, 0) is 43.7 Å². The molecule has 0 saturated heterocycles. The maximum atomic E-state index is 12.3. The van der Waals surface area contributed by atoms with E-state index in [0.717, 1.165) is 27.0 Å². The van der Waals surface area contributed by atoms with E-state index in [1.807, 2.05) is 49.6 Å². The summed E-state index contributed by atoms with van der Waals surface area (Å²) in [7, 11) is 0. The van der Waals surface area contributed by atoms with Gasteiger partial charge in [-0.3, -0.25) is 10.1 Å². The third kappa shape index (κ3) is 3.83. The standard InChI is InChI=1S/C17H14BrN3OS/c1-10-7-11(2)19-14(8-10)16(22)21-17-20-15(9-23-17)12-3-5-13(18)6-4-12/h3-9H,1-2H3,(H,20,21,22). The van der Waals surface area contributed by atoms with Crippen LogP contribution in [0.25, 0.3) is 11.3 Å². The third-order valence-electron chi connectivity index (χ3n) is 3.20. The summed E-state index contributed by atoms with van der Waals surface area (Å²) in [5, 5.41) is 5.30. The Kier molecular flexibility index (Phi) is 4.54. The van der Waals surface area contributed by atoms with Gasteiger partial charge in [0.2, 0.25) is 0 Å². The van der Waals surface area contributed by atoms with Crippen molar-refractivity contribution in [1.82, 2.24) is 9.97 Å². The molecule has 0 unspecified atom stereocenters. The Morgan fingerprint density at radius 1 is 1.13 bits per heavy atom. The molecule has 0 atom stereocenters. The largest absolute Gasteiger partial charge is 0.296 e. The van der Waals surface area contributed by atoms with E-state index in [1.54, 1.807) is 6.07 Å². The van der Waals surface area contributed by atoms with Crippen LogP contribution in [-0.2, 0) is 0 Å². The predicted molar refractivity (Wildman–Crippen MR) is 96.9 cm³/mol. The Morgan fingerprint density at radius 3 is 2.57 bits per heavy atom. The van der Waals surface area contributed by atoms with Crippen LogP contribution in [0.5, 0.6) is 0 Å². The summed E-state index contributed by atoms with van der Waals surface area (Å²) in [6, 6.07) is 11.6.